The number of anilines is 1. The van der Waals surface area contributed by atoms with Gasteiger partial charge < -0.3 is 26.2 Å². The number of fused-ring (bicyclic) bond motifs is 2. The number of aliphatic hydroxyl groups excluding tert-OH is 2. The molecule has 5 N–H and O–H groups in total. The molecule has 38 heavy (non-hydrogen) atoms. The van der Waals surface area contributed by atoms with Crippen molar-refractivity contribution in [1.29, 1.82) is 0 Å². The molecular formula is C28H34Cl2FN3O4. The first-order valence-electron chi connectivity index (χ1n) is 12.8. The second kappa shape index (κ2) is 11.1. The van der Waals surface area contributed by atoms with Crippen LogP contribution in [-0.2, 0) is 15.0 Å². The van der Waals surface area contributed by atoms with Crippen LogP contribution in [0.5, 0.6) is 0 Å². The lowest BCUT2D eigenvalue weighted by atomic mass is 9.62. The fourth-order valence-corrected chi connectivity index (χ4v) is 6.26. The normalized spacial score (nSPS) is 25.4. The minimum absolute atomic E-state index is 0.102. The van der Waals surface area contributed by atoms with Crippen LogP contribution in [0, 0.1) is 11.2 Å². The molecule has 10 heteroatoms. The summed E-state index contributed by atoms with van der Waals surface area (Å²) in [5, 5.41) is 28.6. The van der Waals surface area contributed by atoms with Crippen molar-refractivity contribution in [2.75, 3.05) is 18.5 Å². The van der Waals surface area contributed by atoms with Gasteiger partial charge >= 0.3 is 0 Å². The Hall–Kier alpha value is -2.23. The van der Waals surface area contributed by atoms with Gasteiger partial charge in [0.1, 0.15) is 11.2 Å². The molecule has 1 saturated heterocycles. The van der Waals surface area contributed by atoms with E-state index in [0.717, 1.165) is 0 Å². The maximum Gasteiger partial charge on any atom is 0.237 e. The Morgan fingerprint density at radius 1 is 1.21 bits per heavy atom. The maximum absolute atomic E-state index is 14.9. The van der Waals surface area contributed by atoms with Crippen molar-refractivity contribution in [1.82, 2.24) is 10.6 Å². The number of benzene rings is 2. The second-order valence-corrected chi connectivity index (χ2v) is 12.2. The largest absolute Gasteiger partial charge is 0.396 e. The Morgan fingerprint density at radius 3 is 2.61 bits per heavy atom. The van der Waals surface area contributed by atoms with Crippen molar-refractivity contribution in [2.24, 2.45) is 5.41 Å². The molecular weight excluding hydrogens is 532 g/mol. The van der Waals surface area contributed by atoms with Crippen LogP contribution in [0.2, 0.25) is 10.0 Å². The van der Waals surface area contributed by atoms with Crippen molar-refractivity contribution in [3.8, 4) is 0 Å². The van der Waals surface area contributed by atoms with Gasteiger partial charge in [-0.05, 0) is 60.1 Å². The molecule has 7 nitrogen and oxygen atoms in total. The number of carbonyl (C=O) groups excluding carboxylic acids is 2. The topological polar surface area (TPSA) is 111 Å². The number of nitrogens with one attached hydrogen (secondary N) is 3. The third-order valence-corrected chi connectivity index (χ3v) is 7.95. The third-order valence-electron chi connectivity index (χ3n) is 7.43. The molecule has 1 fully saturated rings. The highest BCUT2D eigenvalue weighted by atomic mass is 35.5. The molecule has 0 saturated carbocycles. The molecule has 0 aromatic heterocycles. The quantitative estimate of drug-likeness (QED) is 0.330. The number of carbonyl (C=O) groups is 2. The van der Waals surface area contributed by atoms with Gasteiger partial charge in [0.05, 0.1) is 17.2 Å². The Bertz CT molecular complexity index is 1220. The van der Waals surface area contributed by atoms with E-state index >= 15 is 0 Å². The van der Waals surface area contributed by atoms with E-state index in [2.05, 4.69) is 16.0 Å². The van der Waals surface area contributed by atoms with Crippen LogP contribution in [0.1, 0.15) is 57.1 Å². The highest BCUT2D eigenvalue weighted by Gasteiger charge is 2.65. The van der Waals surface area contributed by atoms with Crippen LogP contribution in [0.4, 0.5) is 10.1 Å². The first-order chi connectivity index (χ1) is 17.9. The summed E-state index contributed by atoms with van der Waals surface area (Å²) in [6, 6.07) is 8.37. The summed E-state index contributed by atoms with van der Waals surface area (Å²) in [5.74, 6) is -2.06. The van der Waals surface area contributed by atoms with Gasteiger partial charge in [-0.25, -0.2) is 4.39 Å². The highest BCUT2D eigenvalue weighted by molar-refractivity contribution is 6.31. The van der Waals surface area contributed by atoms with Gasteiger partial charge in [0, 0.05) is 35.8 Å². The summed E-state index contributed by atoms with van der Waals surface area (Å²) in [6.07, 6.45) is 0.246. The molecule has 2 amide bonds. The molecule has 1 spiro atoms. The number of hydrogen-bond acceptors (Lipinski definition) is 5. The lowest BCUT2D eigenvalue weighted by Crippen LogP contribution is -2.49. The zero-order valence-corrected chi connectivity index (χ0v) is 23.2. The van der Waals surface area contributed by atoms with E-state index in [1.807, 2.05) is 26.8 Å². The predicted octanol–water partition coefficient (Wildman–Crippen LogP) is 4.13. The standard InChI is InChI=1S/C28H34Cl2FN3O4/c1-27(2,3)14-22-28(18-12-20(31)19(30)13-21(18)33-26(28)38)23(15-5-4-6-16(29)11-15)24(34-22)25(37)32-9-7-17(36)8-10-35/h4-6,11-13,17,22-24,34-36H,7-10,14H2,1-3H3,(H,32,37)(H,33,38). The van der Waals surface area contributed by atoms with Gasteiger partial charge in [-0.3, -0.25) is 9.59 Å². The van der Waals surface area contributed by atoms with Crippen molar-refractivity contribution < 1.29 is 24.2 Å². The lowest BCUT2D eigenvalue weighted by molar-refractivity contribution is -0.123. The van der Waals surface area contributed by atoms with Gasteiger partial charge in [0.2, 0.25) is 11.8 Å². The number of amides is 2. The zero-order valence-electron chi connectivity index (χ0n) is 21.7. The summed E-state index contributed by atoms with van der Waals surface area (Å²) in [6.45, 7) is 6.17. The monoisotopic (exact) mass is 565 g/mol. The Labute approximate surface area is 232 Å². The van der Waals surface area contributed by atoms with E-state index in [1.165, 1.54) is 12.1 Å². The average Bonchev–Trinajstić information content (AvgIpc) is 3.29. The molecule has 0 radical (unpaired) electrons. The summed E-state index contributed by atoms with van der Waals surface area (Å²) in [5.41, 5.74) is -0.0265. The molecule has 5 unspecified atom stereocenters. The average molecular weight is 567 g/mol. The van der Waals surface area contributed by atoms with Crippen molar-refractivity contribution in [3.05, 3.63) is 63.4 Å². The van der Waals surface area contributed by atoms with Gasteiger partial charge in [0.15, 0.2) is 0 Å². The minimum Gasteiger partial charge on any atom is -0.396 e. The molecule has 2 heterocycles. The van der Waals surface area contributed by atoms with Crippen LogP contribution < -0.4 is 16.0 Å². The molecule has 2 aromatic carbocycles. The van der Waals surface area contributed by atoms with E-state index in [0.29, 0.717) is 28.3 Å². The molecule has 2 aliphatic heterocycles. The summed E-state index contributed by atoms with van der Waals surface area (Å²) >= 11 is 12.4. The fraction of sp³-hybridized carbons (Fsp3) is 0.500. The summed E-state index contributed by atoms with van der Waals surface area (Å²) in [4.78, 5) is 27.7. The van der Waals surface area contributed by atoms with E-state index in [9.17, 15) is 19.1 Å². The molecule has 4 rings (SSSR count). The van der Waals surface area contributed by atoms with E-state index < -0.39 is 35.3 Å². The Morgan fingerprint density at radius 2 is 1.95 bits per heavy atom. The van der Waals surface area contributed by atoms with Crippen molar-refractivity contribution in [3.63, 3.8) is 0 Å². The van der Waals surface area contributed by atoms with Gasteiger partial charge in [-0.2, -0.15) is 0 Å². The second-order valence-electron chi connectivity index (χ2n) is 11.4. The fourth-order valence-electron chi connectivity index (χ4n) is 5.90. The van der Waals surface area contributed by atoms with E-state index in [1.54, 1.807) is 18.2 Å². The van der Waals surface area contributed by atoms with Crippen LogP contribution in [-0.4, -0.2) is 53.4 Å². The van der Waals surface area contributed by atoms with Crippen LogP contribution in [0.25, 0.3) is 0 Å². The number of rotatable bonds is 8. The summed E-state index contributed by atoms with van der Waals surface area (Å²) < 4.78 is 14.9. The molecule has 0 bridgehead atoms. The third kappa shape index (κ3) is 5.42. The molecule has 0 aliphatic carbocycles. The van der Waals surface area contributed by atoms with Gasteiger partial charge in [0.25, 0.3) is 0 Å². The molecule has 2 aliphatic rings. The van der Waals surface area contributed by atoms with Crippen LogP contribution in [0.15, 0.2) is 36.4 Å². The van der Waals surface area contributed by atoms with Crippen LogP contribution >= 0.6 is 23.2 Å². The predicted molar refractivity (Wildman–Crippen MR) is 146 cm³/mol. The molecule has 2 aromatic rings. The summed E-state index contributed by atoms with van der Waals surface area (Å²) in [7, 11) is 0. The van der Waals surface area contributed by atoms with Gasteiger partial charge in [-0.1, -0.05) is 56.1 Å². The van der Waals surface area contributed by atoms with E-state index in [4.69, 9.17) is 28.3 Å². The first-order valence-corrected chi connectivity index (χ1v) is 13.5. The van der Waals surface area contributed by atoms with Gasteiger partial charge in [-0.15, -0.1) is 0 Å². The number of hydrogen-bond donors (Lipinski definition) is 5. The first kappa shape index (κ1) is 28.8. The SMILES string of the molecule is CC(C)(C)CC1NC(C(=O)NCCC(O)CCO)C(c2cccc(Cl)c2)C12C(=O)Nc1cc(Cl)c(F)cc12. The molecule has 206 valence electrons. The highest BCUT2D eigenvalue weighted by Crippen LogP contribution is 2.57. The number of halogens is 3. The minimum atomic E-state index is -1.32. The van der Waals surface area contributed by atoms with Crippen molar-refractivity contribution in [2.45, 2.75) is 69.6 Å². The van der Waals surface area contributed by atoms with Crippen LogP contribution in [0.3, 0.4) is 0 Å². The lowest BCUT2D eigenvalue weighted by Gasteiger charge is -2.37. The Balaban J connectivity index is 1.85. The zero-order chi connectivity index (χ0) is 27.8. The smallest absolute Gasteiger partial charge is 0.237 e. The number of aliphatic hydroxyl groups is 2. The van der Waals surface area contributed by atoms with E-state index in [-0.39, 0.29) is 48.2 Å². The Kier molecular flexibility index (Phi) is 8.40. The maximum atomic E-state index is 14.9. The van der Waals surface area contributed by atoms with Crippen molar-refractivity contribution >= 4 is 40.7 Å². The molecule has 5 atom stereocenters.